The summed E-state index contributed by atoms with van der Waals surface area (Å²) in [6.07, 6.45) is 10.2. The molecule has 0 saturated heterocycles. The first-order chi connectivity index (χ1) is 16.6. The molecule has 0 unspecified atom stereocenters. The van der Waals surface area contributed by atoms with Crippen molar-refractivity contribution in [1.29, 1.82) is 0 Å². The maximum Gasteiger partial charge on any atom is 0.216 e. The van der Waals surface area contributed by atoms with E-state index in [0.717, 1.165) is 40.8 Å². The number of rotatable bonds is 11. The van der Waals surface area contributed by atoms with E-state index in [4.69, 9.17) is 5.73 Å². The van der Waals surface area contributed by atoms with Crippen LogP contribution in [-0.2, 0) is 13.1 Å². The number of hydrogen-bond donors (Lipinski definition) is 2. The van der Waals surface area contributed by atoms with Crippen LogP contribution in [0.2, 0.25) is 0 Å². The molecule has 0 spiro atoms. The molecular weight excluding hydrogens is 489 g/mol. The van der Waals surface area contributed by atoms with Crippen molar-refractivity contribution >= 4 is 39.9 Å². The van der Waals surface area contributed by atoms with E-state index in [1.54, 1.807) is 0 Å². The van der Waals surface area contributed by atoms with Gasteiger partial charge in [-0.1, -0.05) is 49.9 Å². The number of para-hydroxylation sites is 2. The molecular formula is C30H40Cl2N3O+. The normalized spacial score (nSPS) is 10.8. The van der Waals surface area contributed by atoms with Crippen LogP contribution in [0.1, 0.15) is 62.8 Å². The SMILES string of the molecule is Cc1cc(N)c2ccccc2[n+]1CCCCCCCCCC[n+]1c(C)cc(O)c2ccccc21.Cl.[Cl-]. The van der Waals surface area contributed by atoms with Gasteiger partial charge in [0.15, 0.2) is 11.4 Å². The second-order valence-electron chi connectivity index (χ2n) is 9.58. The molecule has 36 heavy (non-hydrogen) atoms. The van der Waals surface area contributed by atoms with Gasteiger partial charge in [0.25, 0.3) is 0 Å². The molecule has 194 valence electrons. The Balaban J connectivity index is 0.00000228. The maximum atomic E-state index is 10.2. The second kappa shape index (κ2) is 14.2. The van der Waals surface area contributed by atoms with Gasteiger partial charge in [0.1, 0.15) is 18.8 Å². The van der Waals surface area contributed by atoms with Gasteiger partial charge in [-0.05, 0) is 25.0 Å². The molecule has 0 aliphatic heterocycles. The Hall–Kier alpha value is -2.56. The number of unbranched alkanes of at least 4 members (excludes halogenated alkanes) is 7. The monoisotopic (exact) mass is 528 g/mol. The fourth-order valence-corrected chi connectivity index (χ4v) is 5.19. The number of nitrogens with two attached hydrogens (primary N) is 1. The highest BCUT2D eigenvalue weighted by Gasteiger charge is 2.16. The Kier molecular flexibility index (Phi) is 11.7. The summed E-state index contributed by atoms with van der Waals surface area (Å²) in [6, 6.07) is 20.6. The van der Waals surface area contributed by atoms with Crippen LogP contribution in [0.25, 0.3) is 21.8 Å². The minimum Gasteiger partial charge on any atom is -1.00 e. The Labute approximate surface area is 228 Å². The molecule has 0 fully saturated rings. The summed E-state index contributed by atoms with van der Waals surface area (Å²) in [4.78, 5) is 0. The Morgan fingerprint density at radius 3 is 1.61 bits per heavy atom. The van der Waals surface area contributed by atoms with Crippen molar-refractivity contribution in [2.75, 3.05) is 5.73 Å². The minimum atomic E-state index is 0. The number of halogens is 2. The van der Waals surface area contributed by atoms with E-state index in [1.807, 2.05) is 24.3 Å². The van der Waals surface area contributed by atoms with E-state index in [-0.39, 0.29) is 24.8 Å². The number of nitrogen functional groups attached to an aromatic ring is 1. The van der Waals surface area contributed by atoms with Crippen molar-refractivity contribution in [1.82, 2.24) is 0 Å². The van der Waals surface area contributed by atoms with Crippen LogP contribution in [0.3, 0.4) is 0 Å². The predicted octanol–water partition coefficient (Wildman–Crippen LogP) is 3.72. The van der Waals surface area contributed by atoms with Crippen LogP contribution >= 0.6 is 12.4 Å². The molecule has 0 bridgehead atoms. The zero-order valence-electron chi connectivity index (χ0n) is 21.5. The van der Waals surface area contributed by atoms with Gasteiger partial charge >= 0.3 is 0 Å². The van der Waals surface area contributed by atoms with Crippen molar-refractivity contribution in [3.8, 4) is 5.75 Å². The van der Waals surface area contributed by atoms with Crippen molar-refractivity contribution < 1.29 is 26.6 Å². The van der Waals surface area contributed by atoms with E-state index in [9.17, 15) is 5.11 Å². The predicted molar refractivity (Wildman–Crippen MR) is 148 cm³/mol. The lowest BCUT2D eigenvalue weighted by atomic mass is 10.1. The smallest absolute Gasteiger partial charge is 0.216 e. The standard InChI is InChI=1S/C30H37N3O.2ClH/c1-23-21-27(31)25-15-9-11-17-28(25)32(23)19-13-7-5-3-4-6-8-14-20-33-24(2)22-30(34)26-16-10-12-18-29(26)33;;/h9-12,15-18,21-22,31H,3-8,13-14,19-20H2,1-2H3;2*1H/p+1. The van der Waals surface area contributed by atoms with Gasteiger partial charge in [-0.2, -0.15) is 9.13 Å². The molecule has 0 aliphatic rings. The second-order valence-corrected chi connectivity index (χ2v) is 9.58. The van der Waals surface area contributed by atoms with Gasteiger partial charge in [-0.25, -0.2) is 0 Å². The lowest BCUT2D eigenvalue weighted by molar-refractivity contribution is -0.678. The summed E-state index contributed by atoms with van der Waals surface area (Å²) < 4.78 is 4.76. The Morgan fingerprint density at radius 2 is 1.06 bits per heavy atom. The first-order valence-corrected chi connectivity index (χ1v) is 12.8. The highest BCUT2D eigenvalue weighted by atomic mass is 35.5. The molecule has 2 aromatic carbocycles. The van der Waals surface area contributed by atoms with Crippen LogP contribution in [0.15, 0.2) is 60.7 Å². The molecule has 6 heteroatoms. The number of fused-ring (bicyclic) bond motifs is 2. The number of hydrogen-bond acceptors (Lipinski definition) is 2. The quantitative estimate of drug-likeness (QED) is 0.230. The first kappa shape index (κ1) is 29.7. The number of benzene rings is 2. The molecule has 2 aromatic heterocycles. The third kappa shape index (κ3) is 7.02. The van der Waals surface area contributed by atoms with Crippen LogP contribution in [-0.4, -0.2) is 5.11 Å². The summed E-state index contributed by atoms with van der Waals surface area (Å²) in [7, 11) is 0. The lowest BCUT2D eigenvalue weighted by Gasteiger charge is -2.07. The van der Waals surface area contributed by atoms with E-state index in [1.165, 1.54) is 62.6 Å². The topological polar surface area (TPSA) is 54.0 Å². The third-order valence-electron chi connectivity index (χ3n) is 7.05. The average Bonchev–Trinajstić information content (AvgIpc) is 2.83. The van der Waals surface area contributed by atoms with Crippen molar-refractivity contribution in [2.24, 2.45) is 0 Å². The van der Waals surface area contributed by atoms with Crippen LogP contribution < -0.4 is 27.3 Å². The van der Waals surface area contributed by atoms with E-state index < -0.39 is 0 Å². The van der Waals surface area contributed by atoms with Crippen LogP contribution in [0.4, 0.5) is 5.69 Å². The fraction of sp³-hybridized carbons (Fsp3) is 0.400. The molecule has 0 radical (unpaired) electrons. The van der Waals surface area contributed by atoms with Gasteiger partial charge < -0.3 is 23.2 Å². The number of anilines is 1. The lowest BCUT2D eigenvalue weighted by Crippen LogP contribution is -3.00. The number of aromatic hydroxyl groups is 1. The molecule has 4 aromatic rings. The van der Waals surface area contributed by atoms with E-state index in [0.29, 0.717) is 5.75 Å². The van der Waals surface area contributed by atoms with Gasteiger partial charge in [-0.15, -0.1) is 12.4 Å². The third-order valence-corrected chi connectivity index (χ3v) is 7.05. The molecule has 2 heterocycles. The molecule has 0 atom stereocenters. The van der Waals surface area contributed by atoms with Crippen LogP contribution in [0.5, 0.6) is 5.75 Å². The van der Waals surface area contributed by atoms with Crippen LogP contribution in [0, 0.1) is 13.8 Å². The van der Waals surface area contributed by atoms with Gasteiger partial charge in [-0.3, -0.25) is 0 Å². The highest BCUT2D eigenvalue weighted by Crippen LogP contribution is 2.23. The Morgan fingerprint density at radius 1 is 0.639 bits per heavy atom. The fourth-order valence-electron chi connectivity index (χ4n) is 5.19. The van der Waals surface area contributed by atoms with Gasteiger partial charge in [0.2, 0.25) is 11.0 Å². The minimum absolute atomic E-state index is 0. The van der Waals surface area contributed by atoms with Crippen molar-refractivity contribution in [3.05, 3.63) is 72.1 Å². The number of nitrogens with zero attached hydrogens (tertiary/aromatic N) is 2. The van der Waals surface area contributed by atoms with Gasteiger partial charge in [0.05, 0.1) is 16.5 Å². The molecule has 0 saturated carbocycles. The zero-order chi connectivity index (χ0) is 23.9. The number of pyridine rings is 2. The van der Waals surface area contributed by atoms with Gasteiger partial charge in [0, 0.05) is 51.0 Å². The van der Waals surface area contributed by atoms with Crippen molar-refractivity contribution in [2.45, 2.75) is 78.3 Å². The maximum absolute atomic E-state index is 10.2. The molecule has 0 aliphatic carbocycles. The largest absolute Gasteiger partial charge is 1.00 e. The number of aromatic nitrogens is 2. The zero-order valence-corrected chi connectivity index (χ0v) is 23.1. The van der Waals surface area contributed by atoms with E-state index >= 15 is 0 Å². The highest BCUT2D eigenvalue weighted by molar-refractivity contribution is 5.87. The molecule has 0 amide bonds. The summed E-state index contributed by atoms with van der Waals surface area (Å²) >= 11 is 0. The summed E-state index contributed by atoms with van der Waals surface area (Å²) in [5.74, 6) is 0.377. The molecule has 4 rings (SSSR count). The summed E-state index contributed by atoms with van der Waals surface area (Å²) in [5.41, 5.74) is 11.8. The first-order valence-electron chi connectivity index (χ1n) is 12.8. The summed E-state index contributed by atoms with van der Waals surface area (Å²) in [5, 5.41) is 12.3. The van der Waals surface area contributed by atoms with E-state index in [2.05, 4.69) is 59.4 Å². The van der Waals surface area contributed by atoms with Crippen molar-refractivity contribution in [3.63, 3.8) is 0 Å². The Bertz CT molecular complexity index is 1180. The number of aryl methyl sites for hydroxylation is 4. The molecule has 4 nitrogen and oxygen atoms in total. The molecule has 3 N–H and O–H groups in total. The average molecular weight is 530 g/mol. The summed E-state index contributed by atoms with van der Waals surface area (Å²) in [6.45, 7) is 6.31.